The number of amides is 2. The zero-order valence-corrected chi connectivity index (χ0v) is 10.7. The molecule has 0 bridgehead atoms. The molecule has 2 saturated heterocycles. The number of fused-ring (bicyclic) bond motifs is 1. The molecule has 2 amide bonds. The molecular weight excluding hydrogens is 244 g/mol. The van der Waals surface area contributed by atoms with Crippen LogP contribution in [0.15, 0.2) is 0 Å². The van der Waals surface area contributed by atoms with Gasteiger partial charge in [0, 0.05) is 17.4 Å². The van der Waals surface area contributed by atoms with E-state index in [2.05, 4.69) is 23.3 Å². The minimum atomic E-state index is -0.0363. The number of hydrogen-bond donors (Lipinski definition) is 3. The third kappa shape index (κ3) is 2.85. The van der Waals surface area contributed by atoms with Gasteiger partial charge in [-0.15, -0.1) is 12.6 Å². The van der Waals surface area contributed by atoms with E-state index in [1.807, 2.05) is 11.8 Å². The Morgan fingerprint density at radius 3 is 3.00 bits per heavy atom. The molecule has 0 aliphatic carbocycles. The molecule has 0 aromatic heterocycles. The van der Waals surface area contributed by atoms with Gasteiger partial charge in [0.05, 0.1) is 12.1 Å². The lowest BCUT2D eigenvalue weighted by molar-refractivity contribution is -0.110. The summed E-state index contributed by atoms with van der Waals surface area (Å²) < 4.78 is 0. The summed E-state index contributed by atoms with van der Waals surface area (Å²) in [7, 11) is 0. The van der Waals surface area contributed by atoms with Gasteiger partial charge in [-0.25, -0.2) is 4.79 Å². The molecule has 0 spiro atoms. The first kappa shape index (κ1) is 12.1. The highest BCUT2D eigenvalue weighted by Crippen LogP contribution is 2.33. The van der Waals surface area contributed by atoms with E-state index in [1.165, 1.54) is 0 Å². The zero-order valence-electron chi connectivity index (χ0n) is 8.94. The van der Waals surface area contributed by atoms with E-state index in [4.69, 9.17) is 0 Å². The third-order valence-electron chi connectivity index (χ3n) is 3.07. The fraction of sp³-hybridized carbons (Fsp3) is 0.800. The van der Waals surface area contributed by atoms with Gasteiger partial charge in [0.15, 0.2) is 5.12 Å². The third-order valence-corrected chi connectivity index (χ3v) is 4.80. The van der Waals surface area contributed by atoms with Gasteiger partial charge >= 0.3 is 6.03 Å². The Balaban J connectivity index is 1.70. The molecule has 2 N–H and O–H groups in total. The van der Waals surface area contributed by atoms with Crippen LogP contribution >= 0.6 is 24.4 Å². The summed E-state index contributed by atoms with van der Waals surface area (Å²) in [5.74, 6) is 1.000. The highest BCUT2D eigenvalue weighted by molar-refractivity contribution is 8.00. The highest BCUT2D eigenvalue weighted by Gasteiger charge is 2.42. The van der Waals surface area contributed by atoms with Crippen molar-refractivity contribution in [1.29, 1.82) is 0 Å². The second-order valence-corrected chi connectivity index (χ2v) is 6.03. The predicted molar refractivity (Wildman–Crippen MR) is 68.0 cm³/mol. The fourth-order valence-electron chi connectivity index (χ4n) is 2.26. The summed E-state index contributed by atoms with van der Waals surface area (Å²) in [5, 5.41) is 6.34. The van der Waals surface area contributed by atoms with Crippen molar-refractivity contribution < 1.29 is 9.59 Å². The number of carbonyl (C=O) groups excluding carboxylic acids is 2. The molecule has 2 aliphatic heterocycles. The predicted octanol–water partition coefficient (Wildman–Crippen LogP) is 1.17. The van der Waals surface area contributed by atoms with Crippen LogP contribution in [-0.4, -0.2) is 34.2 Å². The zero-order chi connectivity index (χ0) is 11.5. The maximum Gasteiger partial charge on any atom is 0.315 e. The van der Waals surface area contributed by atoms with Gasteiger partial charge in [0.2, 0.25) is 0 Å². The van der Waals surface area contributed by atoms with Crippen LogP contribution < -0.4 is 10.6 Å². The molecule has 2 unspecified atom stereocenters. The fourth-order valence-corrected chi connectivity index (χ4v) is 3.97. The Kier molecular flexibility index (Phi) is 4.02. The Bertz CT molecular complexity index is 299. The lowest BCUT2D eigenvalue weighted by Crippen LogP contribution is -2.36. The van der Waals surface area contributed by atoms with E-state index in [-0.39, 0.29) is 17.2 Å². The van der Waals surface area contributed by atoms with E-state index in [1.54, 1.807) is 0 Å². The van der Waals surface area contributed by atoms with Crippen LogP contribution in [0.2, 0.25) is 0 Å². The number of hydrogen-bond acceptors (Lipinski definition) is 3. The van der Waals surface area contributed by atoms with Crippen LogP contribution in [0, 0.1) is 0 Å². The Morgan fingerprint density at radius 2 is 2.25 bits per heavy atom. The van der Waals surface area contributed by atoms with Crippen molar-refractivity contribution in [2.24, 2.45) is 0 Å². The molecular formula is C10H16N2O2S2. The summed E-state index contributed by atoms with van der Waals surface area (Å²) in [5.41, 5.74) is 0. The molecule has 90 valence electrons. The molecule has 2 fully saturated rings. The lowest BCUT2D eigenvalue weighted by Gasteiger charge is -2.16. The number of rotatable bonds is 5. The molecule has 16 heavy (non-hydrogen) atoms. The number of urea groups is 1. The number of thiol groups is 1. The highest BCUT2D eigenvalue weighted by atomic mass is 32.2. The second-order valence-electron chi connectivity index (χ2n) is 4.26. The molecule has 0 aromatic carbocycles. The van der Waals surface area contributed by atoms with E-state index in [0.717, 1.165) is 25.0 Å². The van der Waals surface area contributed by atoms with Crippen LogP contribution in [0.5, 0.6) is 0 Å². The van der Waals surface area contributed by atoms with Crippen molar-refractivity contribution >= 4 is 35.5 Å². The van der Waals surface area contributed by atoms with Gasteiger partial charge in [-0.2, -0.15) is 11.8 Å². The summed E-state index contributed by atoms with van der Waals surface area (Å²) >= 11 is 5.66. The molecule has 2 aliphatic rings. The largest absolute Gasteiger partial charge is 0.332 e. The van der Waals surface area contributed by atoms with Crippen LogP contribution in [0.1, 0.15) is 25.7 Å². The summed E-state index contributed by atoms with van der Waals surface area (Å²) in [6.07, 6.45) is 3.55. The summed E-state index contributed by atoms with van der Waals surface area (Å²) in [6.45, 7) is 0. The molecule has 6 heteroatoms. The number of nitrogens with one attached hydrogen (secondary N) is 2. The monoisotopic (exact) mass is 260 g/mol. The van der Waals surface area contributed by atoms with Gasteiger partial charge in [-0.3, -0.25) is 4.79 Å². The van der Waals surface area contributed by atoms with Crippen molar-refractivity contribution in [1.82, 2.24) is 10.6 Å². The maximum absolute atomic E-state index is 11.1. The van der Waals surface area contributed by atoms with E-state index >= 15 is 0 Å². The Morgan fingerprint density at radius 1 is 1.44 bits per heavy atom. The first-order valence-electron chi connectivity index (χ1n) is 5.57. The van der Waals surface area contributed by atoms with E-state index in [9.17, 15) is 9.59 Å². The number of carbonyl (C=O) groups is 2. The Hall–Kier alpha value is -0.360. The smallest absolute Gasteiger partial charge is 0.315 e. The minimum Gasteiger partial charge on any atom is -0.332 e. The van der Waals surface area contributed by atoms with Gasteiger partial charge in [0.25, 0.3) is 0 Å². The van der Waals surface area contributed by atoms with Crippen molar-refractivity contribution in [3.8, 4) is 0 Å². The molecule has 0 saturated carbocycles. The van der Waals surface area contributed by atoms with Crippen molar-refractivity contribution in [3.05, 3.63) is 0 Å². The van der Waals surface area contributed by atoms with Gasteiger partial charge < -0.3 is 10.6 Å². The molecule has 3 atom stereocenters. The lowest BCUT2D eigenvalue weighted by atomic mass is 10.0. The maximum atomic E-state index is 11.1. The topological polar surface area (TPSA) is 58.2 Å². The van der Waals surface area contributed by atoms with Crippen molar-refractivity contribution in [3.63, 3.8) is 0 Å². The first-order valence-corrected chi connectivity index (χ1v) is 7.07. The average Bonchev–Trinajstić information content (AvgIpc) is 2.72. The standard InChI is InChI=1S/C10H16N2O2S2/c13-8(15)4-2-1-3-7-9-6(5-16-7)11-10(14)12-9/h6-7,9H,1-5H2,(H,13,15)(H2,11,12,14)/t6?,7-,9?/m0/s1. The SMILES string of the molecule is O=C(S)CCCC[C@@H]1SCC2NC(=O)NC21. The molecule has 4 nitrogen and oxygen atoms in total. The number of thioether (sulfide) groups is 1. The van der Waals surface area contributed by atoms with Crippen LogP contribution in [-0.2, 0) is 4.79 Å². The quantitative estimate of drug-likeness (QED) is 0.395. The van der Waals surface area contributed by atoms with Gasteiger partial charge in [-0.05, 0) is 12.8 Å². The van der Waals surface area contributed by atoms with E-state index in [0.29, 0.717) is 17.7 Å². The van der Waals surface area contributed by atoms with Gasteiger partial charge in [-0.1, -0.05) is 6.42 Å². The average molecular weight is 260 g/mol. The minimum absolute atomic E-state index is 0.0345. The normalized spacial score (nSPS) is 32.1. The molecule has 2 heterocycles. The second kappa shape index (κ2) is 5.31. The van der Waals surface area contributed by atoms with Crippen molar-refractivity contribution in [2.75, 3.05) is 5.75 Å². The number of unbranched alkanes of at least 4 members (excludes halogenated alkanes) is 1. The van der Waals surface area contributed by atoms with Crippen molar-refractivity contribution in [2.45, 2.75) is 43.0 Å². The molecule has 0 radical (unpaired) electrons. The van der Waals surface area contributed by atoms with Crippen LogP contribution in [0.4, 0.5) is 4.79 Å². The van der Waals surface area contributed by atoms with E-state index < -0.39 is 0 Å². The van der Waals surface area contributed by atoms with Crippen LogP contribution in [0.25, 0.3) is 0 Å². The Labute approximate surface area is 105 Å². The molecule has 0 aromatic rings. The summed E-state index contributed by atoms with van der Waals surface area (Å²) in [6, 6.07) is 0.545. The molecule has 2 rings (SSSR count). The first-order chi connectivity index (χ1) is 7.66. The van der Waals surface area contributed by atoms with Crippen LogP contribution in [0.3, 0.4) is 0 Å². The summed E-state index contributed by atoms with van der Waals surface area (Å²) in [4.78, 5) is 21.8. The van der Waals surface area contributed by atoms with Gasteiger partial charge in [0.1, 0.15) is 0 Å².